The van der Waals surface area contributed by atoms with Crippen LogP contribution in [0.2, 0.25) is 0 Å². The van der Waals surface area contributed by atoms with E-state index >= 15 is 0 Å². The second-order valence-corrected chi connectivity index (χ2v) is 7.36. The van der Waals surface area contributed by atoms with Crippen LogP contribution in [0.3, 0.4) is 0 Å². The Hall–Kier alpha value is -0.120. The van der Waals surface area contributed by atoms with E-state index in [1.165, 1.54) is 64.7 Å². The molecule has 20 heavy (non-hydrogen) atoms. The number of hydrogen-bond donors (Lipinski definition) is 2. The lowest BCUT2D eigenvalue weighted by Gasteiger charge is -2.44. The second kappa shape index (κ2) is 7.77. The van der Waals surface area contributed by atoms with Crippen LogP contribution in [0, 0.1) is 17.3 Å². The molecule has 0 bridgehead atoms. The molecule has 0 radical (unpaired) electrons. The maximum absolute atomic E-state index is 9.27. The summed E-state index contributed by atoms with van der Waals surface area (Å²) in [5.41, 5.74) is 0.509. The first kappa shape index (κ1) is 16.3. The minimum Gasteiger partial charge on any atom is -0.396 e. The number of nitrogens with zero attached hydrogens (tertiary/aromatic N) is 1. The molecule has 1 aliphatic heterocycles. The van der Waals surface area contributed by atoms with Gasteiger partial charge in [0.25, 0.3) is 0 Å². The van der Waals surface area contributed by atoms with Gasteiger partial charge in [0.2, 0.25) is 0 Å². The molecule has 0 unspecified atom stereocenters. The Labute approximate surface area is 125 Å². The quantitative estimate of drug-likeness (QED) is 0.786. The van der Waals surface area contributed by atoms with Crippen LogP contribution in [0.5, 0.6) is 0 Å². The van der Waals surface area contributed by atoms with Crippen molar-refractivity contribution in [1.82, 2.24) is 10.2 Å². The molecule has 2 fully saturated rings. The second-order valence-electron chi connectivity index (χ2n) is 7.36. The predicted molar refractivity (Wildman–Crippen MR) is 84.9 cm³/mol. The highest BCUT2D eigenvalue weighted by molar-refractivity contribution is 4.90. The van der Waals surface area contributed by atoms with Crippen molar-refractivity contribution in [1.29, 1.82) is 0 Å². The molecule has 1 saturated carbocycles. The summed E-state index contributed by atoms with van der Waals surface area (Å²) in [6.07, 6.45) is 7.95. The monoisotopic (exact) mass is 282 g/mol. The van der Waals surface area contributed by atoms with Crippen LogP contribution >= 0.6 is 0 Å². The van der Waals surface area contributed by atoms with Gasteiger partial charge in [-0.1, -0.05) is 26.7 Å². The summed E-state index contributed by atoms with van der Waals surface area (Å²) >= 11 is 0. The van der Waals surface area contributed by atoms with Gasteiger partial charge in [0, 0.05) is 19.7 Å². The molecule has 0 aromatic carbocycles. The number of nitrogens with one attached hydrogen (secondary N) is 1. The number of hydrogen-bond acceptors (Lipinski definition) is 3. The molecule has 0 amide bonds. The Kier molecular flexibility index (Phi) is 6.31. The zero-order valence-corrected chi connectivity index (χ0v) is 13.5. The van der Waals surface area contributed by atoms with Crippen LogP contribution in [0.1, 0.15) is 52.4 Å². The van der Waals surface area contributed by atoms with Crippen molar-refractivity contribution in [3.63, 3.8) is 0 Å². The lowest BCUT2D eigenvalue weighted by Crippen LogP contribution is -2.48. The molecule has 2 aliphatic rings. The third-order valence-electron chi connectivity index (χ3n) is 5.61. The molecule has 2 rings (SSSR count). The Morgan fingerprint density at radius 1 is 1.15 bits per heavy atom. The summed E-state index contributed by atoms with van der Waals surface area (Å²) in [6.45, 7) is 10.9. The molecular weight excluding hydrogens is 248 g/mol. The standard InChI is InChI=1S/C17H34N2O/c1-3-18-13-17(8-4-15(2)5-9-17)14-19-10-6-16(12-20)7-11-19/h15-16,18,20H,3-14H2,1-2H3. The average Bonchev–Trinajstić information content (AvgIpc) is 2.49. The van der Waals surface area contributed by atoms with Crippen molar-refractivity contribution in [3.8, 4) is 0 Å². The lowest BCUT2D eigenvalue weighted by molar-refractivity contribution is 0.0572. The van der Waals surface area contributed by atoms with Crippen LogP contribution in [0.25, 0.3) is 0 Å². The van der Waals surface area contributed by atoms with Crippen molar-refractivity contribution in [2.75, 3.05) is 39.3 Å². The van der Waals surface area contributed by atoms with Gasteiger partial charge in [-0.2, -0.15) is 0 Å². The van der Waals surface area contributed by atoms with Crippen LogP contribution in [0.15, 0.2) is 0 Å². The van der Waals surface area contributed by atoms with E-state index in [1.54, 1.807) is 0 Å². The summed E-state index contributed by atoms with van der Waals surface area (Å²) < 4.78 is 0. The molecule has 0 aromatic rings. The van der Waals surface area contributed by atoms with E-state index in [0.717, 1.165) is 12.5 Å². The fraction of sp³-hybridized carbons (Fsp3) is 1.00. The zero-order chi connectivity index (χ0) is 14.4. The number of aliphatic hydroxyl groups is 1. The maximum Gasteiger partial charge on any atom is 0.0460 e. The van der Waals surface area contributed by atoms with Crippen molar-refractivity contribution in [3.05, 3.63) is 0 Å². The van der Waals surface area contributed by atoms with Crippen molar-refractivity contribution < 1.29 is 5.11 Å². The molecule has 1 saturated heterocycles. The van der Waals surface area contributed by atoms with E-state index < -0.39 is 0 Å². The van der Waals surface area contributed by atoms with Gasteiger partial charge in [0.1, 0.15) is 0 Å². The van der Waals surface area contributed by atoms with Crippen LogP contribution < -0.4 is 5.32 Å². The fourth-order valence-corrected chi connectivity index (χ4v) is 3.96. The third kappa shape index (κ3) is 4.44. The third-order valence-corrected chi connectivity index (χ3v) is 5.61. The van der Waals surface area contributed by atoms with E-state index in [1.807, 2.05) is 0 Å². The number of aliphatic hydroxyl groups excluding tert-OH is 1. The normalized spacial score (nSPS) is 33.5. The Morgan fingerprint density at radius 2 is 1.80 bits per heavy atom. The summed E-state index contributed by atoms with van der Waals surface area (Å²) in [4.78, 5) is 2.67. The van der Waals surface area contributed by atoms with Crippen molar-refractivity contribution >= 4 is 0 Å². The Balaban J connectivity index is 1.87. The SMILES string of the molecule is CCNCC1(CN2CCC(CO)CC2)CCC(C)CC1. The topological polar surface area (TPSA) is 35.5 Å². The molecule has 2 N–H and O–H groups in total. The van der Waals surface area contributed by atoms with Gasteiger partial charge in [-0.05, 0) is 62.6 Å². The first-order valence-electron chi connectivity index (χ1n) is 8.71. The lowest BCUT2D eigenvalue weighted by atomic mass is 9.70. The molecule has 3 heteroatoms. The molecule has 3 nitrogen and oxygen atoms in total. The summed E-state index contributed by atoms with van der Waals surface area (Å²) in [7, 11) is 0. The molecule has 118 valence electrons. The van der Waals surface area contributed by atoms with Gasteiger partial charge in [-0.25, -0.2) is 0 Å². The summed E-state index contributed by atoms with van der Waals surface area (Å²) in [5.74, 6) is 1.48. The van der Waals surface area contributed by atoms with E-state index in [0.29, 0.717) is 17.9 Å². The average molecular weight is 282 g/mol. The first-order valence-corrected chi connectivity index (χ1v) is 8.71. The minimum atomic E-state index is 0.383. The predicted octanol–water partition coefficient (Wildman–Crippen LogP) is 2.50. The summed E-state index contributed by atoms with van der Waals surface area (Å²) in [5, 5.41) is 12.9. The number of likely N-dealkylation sites (tertiary alicyclic amines) is 1. The fourth-order valence-electron chi connectivity index (χ4n) is 3.96. The van der Waals surface area contributed by atoms with Gasteiger partial charge in [0.05, 0.1) is 0 Å². The highest BCUT2D eigenvalue weighted by atomic mass is 16.3. The van der Waals surface area contributed by atoms with Gasteiger partial charge < -0.3 is 15.3 Å². The van der Waals surface area contributed by atoms with Gasteiger partial charge >= 0.3 is 0 Å². The van der Waals surface area contributed by atoms with E-state index in [2.05, 4.69) is 24.1 Å². The highest BCUT2D eigenvalue weighted by Gasteiger charge is 2.36. The van der Waals surface area contributed by atoms with Gasteiger partial charge in [-0.15, -0.1) is 0 Å². The Bertz CT molecular complexity index is 261. The molecule has 1 aliphatic carbocycles. The van der Waals surface area contributed by atoms with Crippen LogP contribution in [-0.4, -0.2) is 49.3 Å². The van der Waals surface area contributed by atoms with E-state index in [9.17, 15) is 5.11 Å². The van der Waals surface area contributed by atoms with Crippen molar-refractivity contribution in [2.45, 2.75) is 52.4 Å². The zero-order valence-electron chi connectivity index (χ0n) is 13.5. The van der Waals surface area contributed by atoms with E-state index in [-0.39, 0.29) is 0 Å². The Morgan fingerprint density at radius 3 is 2.35 bits per heavy atom. The number of piperidine rings is 1. The van der Waals surface area contributed by atoms with Crippen molar-refractivity contribution in [2.24, 2.45) is 17.3 Å². The first-order chi connectivity index (χ1) is 9.67. The number of rotatable bonds is 6. The molecule has 0 atom stereocenters. The maximum atomic E-state index is 9.27. The highest BCUT2D eigenvalue weighted by Crippen LogP contribution is 2.39. The van der Waals surface area contributed by atoms with Crippen LogP contribution in [-0.2, 0) is 0 Å². The van der Waals surface area contributed by atoms with Gasteiger partial charge in [-0.3, -0.25) is 0 Å². The summed E-state index contributed by atoms with van der Waals surface area (Å²) in [6, 6.07) is 0. The minimum absolute atomic E-state index is 0.383. The molecular formula is C17H34N2O. The largest absolute Gasteiger partial charge is 0.396 e. The molecule has 1 heterocycles. The van der Waals surface area contributed by atoms with E-state index in [4.69, 9.17) is 0 Å². The van der Waals surface area contributed by atoms with Gasteiger partial charge in [0.15, 0.2) is 0 Å². The smallest absolute Gasteiger partial charge is 0.0460 e. The molecule has 0 spiro atoms. The van der Waals surface area contributed by atoms with Crippen LogP contribution in [0.4, 0.5) is 0 Å². The molecule has 0 aromatic heterocycles.